The van der Waals surface area contributed by atoms with E-state index in [0.29, 0.717) is 5.56 Å². The summed E-state index contributed by atoms with van der Waals surface area (Å²) in [6.07, 6.45) is 4.33. The van der Waals surface area contributed by atoms with E-state index in [2.05, 4.69) is 4.42 Å². The maximum Gasteiger partial charge on any atom is 0.335 e. The van der Waals surface area contributed by atoms with Gasteiger partial charge in [0.25, 0.3) is 0 Å². The Bertz CT molecular complexity index is 574. The van der Waals surface area contributed by atoms with Crippen LogP contribution in [0.1, 0.15) is 15.9 Å². The van der Waals surface area contributed by atoms with Gasteiger partial charge in [0.05, 0.1) is 5.56 Å². The van der Waals surface area contributed by atoms with Crippen molar-refractivity contribution in [3.05, 3.63) is 76.4 Å². The molecule has 0 aliphatic heterocycles. The van der Waals surface area contributed by atoms with Crippen LogP contribution in [0.5, 0.6) is 0 Å². The normalized spacial score (nSPS) is 10.6. The number of ketones is 1. The molecule has 0 fully saturated rings. The van der Waals surface area contributed by atoms with Crippen LogP contribution in [0.4, 0.5) is 0 Å². The first-order valence-electron chi connectivity index (χ1n) is 5.12. The highest BCUT2D eigenvalue weighted by molar-refractivity contribution is 6.06. The minimum atomic E-state index is -0.464. The standard InChI is InChI=1S/C14H10O3/c15-13(12-7-9-14(16)17-10-12)8-6-11-4-2-1-3-5-11/h1-10H/b8-6+. The van der Waals surface area contributed by atoms with E-state index in [1.807, 2.05) is 30.3 Å². The van der Waals surface area contributed by atoms with Gasteiger partial charge in [-0.25, -0.2) is 4.79 Å². The van der Waals surface area contributed by atoms with Crippen LogP contribution >= 0.6 is 0 Å². The molecule has 0 N–H and O–H groups in total. The van der Waals surface area contributed by atoms with Crippen molar-refractivity contribution in [3.63, 3.8) is 0 Å². The zero-order chi connectivity index (χ0) is 12.1. The molecule has 1 aromatic carbocycles. The molecule has 1 aromatic heterocycles. The van der Waals surface area contributed by atoms with E-state index in [9.17, 15) is 9.59 Å². The van der Waals surface area contributed by atoms with Crippen molar-refractivity contribution in [1.82, 2.24) is 0 Å². The monoisotopic (exact) mass is 226 g/mol. The summed E-state index contributed by atoms with van der Waals surface area (Å²) in [7, 11) is 0. The highest BCUT2D eigenvalue weighted by Gasteiger charge is 2.01. The second kappa shape index (κ2) is 5.07. The largest absolute Gasteiger partial charge is 0.431 e. The molecule has 1 heterocycles. The molecular formula is C14H10O3. The molecule has 0 aliphatic carbocycles. The molecule has 0 aliphatic rings. The second-order valence-electron chi connectivity index (χ2n) is 3.45. The Morgan fingerprint density at radius 3 is 2.47 bits per heavy atom. The Balaban J connectivity index is 2.15. The Labute approximate surface area is 98.0 Å². The molecule has 0 amide bonds. The van der Waals surface area contributed by atoms with Gasteiger partial charge in [0.15, 0.2) is 5.78 Å². The molecule has 0 atom stereocenters. The average molecular weight is 226 g/mol. The number of hydrogen-bond acceptors (Lipinski definition) is 3. The number of allylic oxidation sites excluding steroid dienone is 1. The van der Waals surface area contributed by atoms with Gasteiger partial charge >= 0.3 is 5.63 Å². The molecule has 0 saturated heterocycles. The predicted molar refractivity (Wildman–Crippen MR) is 64.8 cm³/mol. The lowest BCUT2D eigenvalue weighted by atomic mass is 10.1. The zero-order valence-corrected chi connectivity index (χ0v) is 9.00. The summed E-state index contributed by atoms with van der Waals surface area (Å²) >= 11 is 0. The fourth-order valence-corrected chi connectivity index (χ4v) is 1.33. The molecule has 3 nitrogen and oxygen atoms in total. The van der Waals surface area contributed by atoms with Crippen LogP contribution < -0.4 is 5.63 Å². The zero-order valence-electron chi connectivity index (χ0n) is 9.00. The van der Waals surface area contributed by atoms with Gasteiger partial charge in [-0.2, -0.15) is 0 Å². The molecule has 0 spiro atoms. The van der Waals surface area contributed by atoms with E-state index in [-0.39, 0.29) is 5.78 Å². The minimum Gasteiger partial charge on any atom is -0.431 e. The van der Waals surface area contributed by atoms with E-state index in [4.69, 9.17) is 0 Å². The van der Waals surface area contributed by atoms with Gasteiger partial charge < -0.3 is 4.42 Å². The first kappa shape index (κ1) is 11.1. The fraction of sp³-hybridized carbons (Fsp3) is 0. The fourth-order valence-electron chi connectivity index (χ4n) is 1.33. The van der Waals surface area contributed by atoms with Crippen molar-refractivity contribution in [1.29, 1.82) is 0 Å². The lowest BCUT2D eigenvalue weighted by Crippen LogP contribution is -1.99. The smallest absolute Gasteiger partial charge is 0.335 e. The molecule has 0 radical (unpaired) electrons. The van der Waals surface area contributed by atoms with Gasteiger partial charge in [0.1, 0.15) is 6.26 Å². The summed E-state index contributed by atoms with van der Waals surface area (Å²) in [5, 5.41) is 0. The van der Waals surface area contributed by atoms with Crippen LogP contribution in [0, 0.1) is 0 Å². The number of rotatable bonds is 3. The Kier molecular flexibility index (Phi) is 3.31. The van der Waals surface area contributed by atoms with Crippen molar-refractivity contribution >= 4 is 11.9 Å². The summed E-state index contributed by atoms with van der Waals surface area (Å²) in [6, 6.07) is 12.2. The van der Waals surface area contributed by atoms with Crippen molar-refractivity contribution in [2.45, 2.75) is 0 Å². The van der Waals surface area contributed by atoms with Crippen molar-refractivity contribution in [2.75, 3.05) is 0 Å². The molecule has 0 saturated carbocycles. The first-order valence-corrected chi connectivity index (χ1v) is 5.12. The SMILES string of the molecule is O=C(/C=C/c1ccccc1)c1ccc(=O)oc1. The van der Waals surface area contributed by atoms with Gasteiger partial charge in [-0.15, -0.1) is 0 Å². The summed E-state index contributed by atoms with van der Waals surface area (Å²) in [6.45, 7) is 0. The van der Waals surface area contributed by atoms with Crippen molar-refractivity contribution < 1.29 is 9.21 Å². The van der Waals surface area contributed by atoms with Crippen LogP contribution in [0.2, 0.25) is 0 Å². The number of hydrogen-bond donors (Lipinski definition) is 0. The Morgan fingerprint density at radius 1 is 1.06 bits per heavy atom. The van der Waals surface area contributed by atoms with E-state index in [1.165, 1.54) is 24.5 Å². The van der Waals surface area contributed by atoms with E-state index >= 15 is 0 Å². The average Bonchev–Trinajstić information content (AvgIpc) is 2.38. The third kappa shape index (κ3) is 3.01. The van der Waals surface area contributed by atoms with E-state index in [0.717, 1.165) is 5.56 Å². The summed E-state index contributed by atoms with van der Waals surface area (Å²) in [4.78, 5) is 22.4. The first-order chi connectivity index (χ1) is 8.25. The van der Waals surface area contributed by atoms with Crippen LogP contribution in [-0.2, 0) is 0 Å². The highest BCUT2D eigenvalue weighted by atomic mass is 16.4. The second-order valence-corrected chi connectivity index (χ2v) is 3.45. The third-order valence-electron chi connectivity index (χ3n) is 2.21. The number of carbonyl (C=O) groups is 1. The quantitative estimate of drug-likeness (QED) is 0.596. The van der Waals surface area contributed by atoms with Crippen LogP contribution in [-0.4, -0.2) is 5.78 Å². The lowest BCUT2D eigenvalue weighted by molar-refractivity contribution is 0.104. The highest BCUT2D eigenvalue weighted by Crippen LogP contribution is 2.04. The Morgan fingerprint density at radius 2 is 1.82 bits per heavy atom. The van der Waals surface area contributed by atoms with Gasteiger partial charge in [0, 0.05) is 6.07 Å². The van der Waals surface area contributed by atoms with Gasteiger partial charge in [-0.3, -0.25) is 4.79 Å². The number of benzene rings is 1. The summed E-state index contributed by atoms with van der Waals surface area (Å²) in [5.74, 6) is -0.197. The molecule has 84 valence electrons. The molecule has 17 heavy (non-hydrogen) atoms. The van der Waals surface area contributed by atoms with E-state index < -0.39 is 5.63 Å². The van der Waals surface area contributed by atoms with Crippen LogP contribution in [0.3, 0.4) is 0 Å². The predicted octanol–water partition coefficient (Wildman–Crippen LogP) is 2.54. The third-order valence-corrected chi connectivity index (χ3v) is 2.21. The summed E-state index contributed by atoms with van der Waals surface area (Å²) < 4.78 is 4.62. The van der Waals surface area contributed by atoms with E-state index in [1.54, 1.807) is 6.08 Å². The Hall–Kier alpha value is -2.42. The van der Waals surface area contributed by atoms with Gasteiger partial charge in [-0.05, 0) is 17.7 Å². The maximum atomic E-state index is 11.7. The molecule has 2 aromatic rings. The molecule has 3 heteroatoms. The molecule has 0 unspecified atom stereocenters. The van der Waals surface area contributed by atoms with Gasteiger partial charge in [0.2, 0.25) is 0 Å². The lowest BCUT2D eigenvalue weighted by Gasteiger charge is -1.93. The minimum absolute atomic E-state index is 0.197. The van der Waals surface area contributed by atoms with Crippen molar-refractivity contribution in [2.24, 2.45) is 0 Å². The van der Waals surface area contributed by atoms with Crippen molar-refractivity contribution in [3.8, 4) is 0 Å². The van der Waals surface area contributed by atoms with Crippen LogP contribution in [0.25, 0.3) is 6.08 Å². The van der Waals surface area contributed by atoms with Gasteiger partial charge in [-0.1, -0.05) is 36.4 Å². The molecular weight excluding hydrogens is 216 g/mol. The topological polar surface area (TPSA) is 47.3 Å². The van der Waals surface area contributed by atoms with Crippen LogP contribution in [0.15, 0.2) is 64.0 Å². The molecule has 0 bridgehead atoms. The molecule has 2 rings (SSSR count). The maximum absolute atomic E-state index is 11.7. The number of carbonyl (C=O) groups excluding carboxylic acids is 1. The summed E-state index contributed by atoms with van der Waals surface area (Å²) in [5.41, 5.74) is 0.837.